The molecule has 0 unspecified atom stereocenters. The number of nitrogens with zero attached hydrogens (tertiary/aromatic N) is 2. The maximum Gasteiger partial charge on any atom is 0.318 e. The summed E-state index contributed by atoms with van der Waals surface area (Å²) in [5.74, 6) is 0.269. The van der Waals surface area contributed by atoms with E-state index in [1.165, 1.54) is 6.92 Å². The highest BCUT2D eigenvalue weighted by Gasteiger charge is 2.18. The summed E-state index contributed by atoms with van der Waals surface area (Å²) in [6, 6.07) is 1.88. The zero-order chi connectivity index (χ0) is 11.4. The van der Waals surface area contributed by atoms with Crippen LogP contribution in [0.15, 0.2) is 12.3 Å². The van der Waals surface area contributed by atoms with Crippen molar-refractivity contribution in [2.75, 3.05) is 18.5 Å². The number of carbonyl (C=O) groups excluding carboxylic acids is 1. The summed E-state index contributed by atoms with van der Waals surface area (Å²) in [7, 11) is 0. The van der Waals surface area contributed by atoms with E-state index in [1.807, 2.05) is 0 Å². The number of rotatable bonds is 3. The van der Waals surface area contributed by atoms with Gasteiger partial charge in [0.2, 0.25) is 5.91 Å². The highest BCUT2D eigenvalue weighted by atomic mass is 16.6. The number of anilines is 1. The van der Waals surface area contributed by atoms with Crippen LogP contribution in [-0.4, -0.2) is 35.2 Å². The molecule has 6 heteroatoms. The molecule has 0 saturated carbocycles. The van der Waals surface area contributed by atoms with Gasteiger partial charge in [-0.15, -0.1) is 0 Å². The fourth-order valence-electron chi connectivity index (χ4n) is 1.40. The van der Waals surface area contributed by atoms with Crippen LogP contribution in [0.25, 0.3) is 0 Å². The molecule has 0 aliphatic carbocycles. The Labute approximate surface area is 93.0 Å². The minimum Gasteiger partial charge on any atom is -0.458 e. The second-order valence-electron chi connectivity index (χ2n) is 3.51. The molecule has 1 aromatic rings. The third kappa shape index (κ3) is 2.90. The van der Waals surface area contributed by atoms with Gasteiger partial charge in [0, 0.05) is 19.5 Å². The van der Waals surface area contributed by atoms with Crippen LogP contribution in [0, 0.1) is 0 Å². The van der Waals surface area contributed by atoms with Crippen LogP contribution in [0.1, 0.15) is 13.3 Å². The maximum absolute atomic E-state index is 10.8. The minimum atomic E-state index is -0.172. The second kappa shape index (κ2) is 4.89. The van der Waals surface area contributed by atoms with Crippen LogP contribution >= 0.6 is 0 Å². The number of amides is 1. The molecule has 1 atom stereocenters. The van der Waals surface area contributed by atoms with Crippen LogP contribution in [0.2, 0.25) is 0 Å². The quantitative estimate of drug-likeness (QED) is 0.812. The van der Waals surface area contributed by atoms with Gasteiger partial charge in [0.25, 0.3) is 0 Å². The first-order valence-corrected chi connectivity index (χ1v) is 5.09. The summed E-state index contributed by atoms with van der Waals surface area (Å²) in [6.45, 7) is 2.69. The van der Waals surface area contributed by atoms with Gasteiger partial charge < -0.3 is 14.8 Å². The Balaban J connectivity index is 2.00. The summed E-state index contributed by atoms with van der Waals surface area (Å²) in [6.07, 6.45) is 2.39. The average Bonchev–Trinajstić information content (AvgIpc) is 2.70. The van der Waals surface area contributed by atoms with Crippen molar-refractivity contribution in [3.8, 4) is 6.01 Å². The fraction of sp³-hybridized carbons (Fsp3) is 0.500. The van der Waals surface area contributed by atoms with Crippen LogP contribution in [0.4, 0.5) is 5.82 Å². The highest BCUT2D eigenvalue weighted by molar-refractivity contribution is 5.87. The summed E-state index contributed by atoms with van der Waals surface area (Å²) < 4.78 is 10.7. The van der Waals surface area contributed by atoms with E-state index in [-0.39, 0.29) is 18.0 Å². The Morgan fingerprint density at radius 1 is 1.69 bits per heavy atom. The number of hydrogen-bond acceptors (Lipinski definition) is 5. The lowest BCUT2D eigenvalue weighted by molar-refractivity contribution is -0.114. The molecule has 86 valence electrons. The van der Waals surface area contributed by atoms with E-state index >= 15 is 0 Å². The number of hydrogen-bond donors (Lipinski definition) is 1. The van der Waals surface area contributed by atoms with E-state index in [2.05, 4.69) is 15.3 Å². The molecular weight excluding hydrogens is 210 g/mol. The normalized spacial score (nSPS) is 19.4. The largest absolute Gasteiger partial charge is 0.458 e. The number of carbonyl (C=O) groups is 1. The summed E-state index contributed by atoms with van der Waals surface area (Å²) in [5.41, 5.74) is 0. The van der Waals surface area contributed by atoms with Crippen molar-refractivity contribution in [3.63, 3.8) is 0 Å². The lowest BCUT2D eigenvalue weighted by Crippen LogP contribution is -2.18. The van der Waals surface area contributed by atoms with Crippen molar-refractivity contribution < 1.29 is 14.3 Å². The van der Waals surface area contributed by atoms with Gasteiger partial charge in [-0.25, -0.2) is 4.98 Å². The highest BCUT2D eigenvalue weighted by Crippen LogP contribution is 2.13. The van der Waals surface area contributed by atoms with Crippen LogP contribution in [-0.2, 0) is 9.53 Å². The third-order valence-electron chi connectivity index (χ3n) is 2.10. The topological polar surface area (TPSA) is 73.3 Å². The molecule has 1 N–H and O–H groups in total. The molecule has 2 rings (SSSR count). The van der Waals surface area contributed by atoms with E-state index in [0.29, 0.717) is 19.0 Å². The van der Waals surface area contributed by atoms with Gasteiger partial charge in [-0.3, -0.25) is 4.79 Å². The first kappa shape index (κ1) is 10.8. The Morgan fingerprint density at radius 2 is 2.56 bits per heavy atom. The van der Waals surface area contributed by atoms with Crippen LogP contribution in [0.3, 0.4) is 0 Å². The minimum absolute atomic E-state index is 0.00702. The summed E-state index contributed by atoms with van der Waals surface area (Å²) in [4.78, 5) is 18.9. The van der Waals surface area contributed by atoms with E-state index in [4.69, 9.17) is 9.47 Å². The van der Waals surface area contributed by atoms with Crippen molar-refractivity contribution >= 4 is 11.7 Å². The van der Waals surface area contributed by atoms with Crippen molar-refractivity contribution in [1.29, 1.82) is 0 Å². The Hall–Kier alpha value is -1.69. The van der Waals surface area contributed by atoms with Crippen molar-refractivity contribution in [2.24, 2.45) is 0 Å². The molecule has 6 nitrogen and oxygen atoms in total. The van der Waals surface area contributed by atoms with Gasteiger partial charge in [0.1, 0.15) is 11.9 Å². The zero-order valence-electron chi connectivity index (χ0n) is 8.97. The van der Waals surface area contributed by atoms with E-state index in [9.17, 15) is 4.79 Å². The Morgan fingerprint density at radius 3 is 3.25 bits per heavy atom. The van der Waals surface area contributed by atoms with Gasteiger partial charge in [-0.05, 0) is 6.07 Å². The third-order valence-corrected chi connectivity index (χ3v) is 2.10. The monoisotopic (exact) mass is 223 g/mol. The van der Waals surface area contributed by atoms with Crippen LogP contribution < -0.4 is 10.1 Å². The predicted molar refractivity (Wildman–Crippen MR) is 56.2 cm³/mol. The van der Waals surface area contributed by atoms with E-state index in [0.717, 1.165) is 6.42 Å². The van der Waals surface area contributed by atoms with Crippen molar-refractivity contribution in [2.45, 2.75) is 19.4 Å². The molecule has 0 radical (unpaired) electrons. The first-order valence-electron chi connectivity index (χ1n) is 5.09. The van der Waals surface area contributed by atoms with Crippen molar-refractivity contribution in [3.05, 3.63) is 12.3 Å². The number of ether oxygens (including phenoxy) is 2. The molecule has 1 fully saturated rings. The average molecular weight is 223 g/mol. The SMILES string of the molecule is CC(=O)Nc1ccnc(O[C@H]2CCOC2)n1. The standard InChI is InChI=1S/C10H13N3O3/c1-7(14)12-9-2-4-11-10(13-9)16-8-3-5-15-6-8/h2,4,8H,3,5-6H2,1H3,(H,11,12,13,14)/t8-/m0/s1. The molecule has 1 amide bonds. The molecule has 0 spiro atoms. The van der Waals surface area contributed by atoms with Crippen molar-refractivity contribution in [1.82, 2.24) is 9.97 Å². The molecule has 1 aromatic heterocycles. The van der Waals surface area contributed by atoms with Gasteiger partial charge in [0.15, 0.2) is 0 Å². The summed E-state index contributed by atoms with van der Waals surface area (Å²) >= 11 is 0. The first-order chi connectivity index (χ1) is 7.74. The van der Waals surface area contributed by atoms with Gasteiger partial charge in [0.05, 0.1) is 13.2 Å². The summed E-state index contributed by atoms with van der Waals surface area (Å²) in [5, 5.41) is 2.57. The molecule has 1 aliphatic heterocycles. The number of nitrogens with one attached hydrogen (secondary N) is 1. The Bertz CT molecular complexity index is 377. The lowest BCUT2D eigenvalue weighted by atomic mass is 10.3. The maximum atomic E-state index is 10.8. The molecule has 2 heterocycles. The second-order valence-corrected chi connectivity index (χ2v) is 3.51. The Kier molecular flexibility index (Phi) is 3.31. The predicted octanol–water partition coefficient (Wildman–Crippen LogP) is 0.603. The molecule has 0 bridgehead atoms. The molecule has 1 aliphatic rings. The van der Waals surface area contributed by atoms with Gasteiger partial charge >= 0.3 is 6.01 Å². The van der Waals surface area contributed by atoms with Gasteiger partial charge in [-0.1, -0.05) is 0 Å². The molecular formula is C10H13N3O3. The zero-order valence-corrected chi connectivity index (χ0v) is 8.97. The molecule has 16 heavy (non-hydrogen) atoms. The molecule has 0 aromatic carbocycles. The smallest absolute Gasteiger partial charge is 0.318 e. The number of aromatic nitrogens is 2. The van der Waals surface area contributed by atoms with E-state index < -0.39 is 0 Å². The van der Waals surface area contributed by atoms with Crippen LogP contribution in [0.5, 0.6) is 6.01 Å². The lowest BCUT2D eigenvalue weighted by Gasteiger charge is -2.10. The van der Waals surface area contributed by atoms with Gasteiger partial charge in [-0.2, -0.15) is 4.98 Å². The fourth-order valence-corrected chi connectivity index (χ4v) is 1.40. The molecule has 1 saturated heterocycles. The van der Waals surface area contributed by atoms with E-state index in [1.54, 1.807) is 12.3 Å².